The molecule has 27 heteroatoms. The van der Waals surface area contributed by atoms with E-state index in [1.165, 1.54) is 148 Å². The molecule has 0 amide bonds. The Morgan fingerprint density at radius 2 is 0.551 bits per heavy atom. The van der Waals surface area contributed by atoms with E-state index in [-0.39, 0.29) is 112 Å². The Hall–Kier alpha value is -5.13. The molecule has 12 fully saturated rings. The first kappa shape index (κ1) is 138. The van der Waals surface area contributed by atoms with Crippen LogP contribution in [0.5, 0.6) is 0 Å². The first-order valence-electron chi connectivity index (χ1n) is 57.8. The summed E-state index contributed by atoms with van der Waals surface area (Å²) in [5.41, 5.74) is -3.22. The maximum Gasteiger partial charge on any atom is 0.313 e. The van der Waals surface area contributed by atoms with Gasteiger partial charge in [0.15, 0.2) is 34.0 Å². The molecule has 4 unspecified atom stereocenters. The fourth-order valence-electron chi connectivity index (χ4n) is 20.3. The highest BCUT2D eigenvalue weighted by Crippen LogP contribution is 2.60. The lowest BCUT2D eigenvalue weighted by atomic mass is 9.50. The molecule has 12 rings (SSSR count). The van der Waals surface area contributed by atoms with E-state index in [1.54, 1.807) is 21.3 Å². The molecule has 862 valence electrons. The summed E-state index contributed by atoms with van der Waals surface area (Å²) in [5.74, 6) is 6.21. The van der Waals surface area contributed by atoms with Gasteiger partial charge in [0.2, 0.25) is 25.2 Å². The topological polar surface area (TPSA) is 320 Å². The van der Waals surface area contributed by atoms with E-state index in [9.17, 15) is 43.2 Å². The summed E-state index contributed by atoms with van der Waals surface area (Å²) in [6.07, 6.45) is 45.9. The van der Waals surface area contributed by atoms with E-state index in [2.05, 4.69) is 18.6 Å². The minimum atomic E-state index is -0.428. The second-order valence-corrected chi connectivity index (χ2v) is 49.6. The monoisotopic (exact) mass is 2090 g/mol. The second kappa shape index (κ2) is 69.0. The molecule has 0 aromatic carbocycles. The van der Waals surface area contributed by atoms with Crippen molar-refractivity contribution in [3.63, 3.8) is 0 Å². The van der Waals surface area contributed by atoms with Crippen LogP contribution in [0.1, 0.15) is 478 Å². The van der Waals surface area contributed by atoms with Gasteiger partial charge in [-0.25, -0.2) is 0 Å². The summed E-state index contributed by atoms with van der Waals surface area (Å²) in [6, 6.07) is 0. The quantitative estimate of drug-likeness (QED) is 0.0236. The first-order valence-corrected chi connectivity index (χ1v) is 57.8. The minimum absolute atomic E-state index is 0.0439. The molecular weight excluding hydrogens is 1870 g/mol. The van der Waals surface area contributed by atoms with Gasteiger partial charge in [0.25, 0.3) is 0 Å². The van der Waals surface area contributed by atoms with Crippen LogP contribution >= 0.6 is 0 Å². The molecule has 8 bridgehead atoms. The SMILES string of the molecule is CCC(C)(C)C(=O)OC(OC)C1CCCC1.CCC(C)(C)C(=O)OC(OC)C1CCCCC1.CCC(C)(C)C(=O)OCOC.CCC(C)(C)C(=O)OCOC1C2CC3CC(C2)CC1C3.CCC(C)(C)C(=O)OCOC1CCCCC1.CCC(C)(C)C(=O)OCOCC12CC3CC(CC(C3)C1)C2.CCC(CC)C(OC)OC(=O)C(C)(C)CC.CCOC(OC(=O)C(C)(C)CC)C1CCCCC1.CCOCOC(=O)C(C)(C)CC. The van der Waals surface area contributed by atoms with Gasteiger partial charge in [0.1, 0.15) is 0 Å². The Morgan fingerprint density at radius 1 is 0.279 bits per heavy atom. The Morgan fingerprint density at radius 3 is 0.850 bits per heavy atom. The van der Waals surface area contributed by atoms with Gasteiger partial charge in [-0.15, -0.1) is 0 Å². The minimum Gasteiger partial charge on any atom is -0.438 e. The van der Waals surface area contributed by atoms with E-state index in [4.69, 9.17) is 80.5 Å². The number of hydrogen-bond donors (Lipinski definition) is 0. The number of methoxy groups -OCH3 is 4. The molecule has 0 heterocycles. The van der Waals surface area contributed by atoms with Crippen molar-refractivity contribution >= 4 is 53.7 Å². The third kappa shape index (κ3) is 48.8. The van der Waals surface area contributed by atoms with Crippen LogP contribution in [0.4, 0.5) is 0 Å². The van der Waals surface area contributed by atoms with Crippen LogP contribution in [0, 0.1) is 119 Å². The summed E-state index contributed by atoms with van der Waals surface area (Å²) in [4.78, 5) is 106. The molecule has 0 radical (unpaired) electrons. The highest BCUT2D eigenvalue weighted by atomic mass is 16.7. The average molecular weight is 2100 g/mol. The van der Waals surface area contributed by atoms with Gasteiger partial charge in [0.05, 0.1) is 67.5 Å². The standard InChI is InChI=1S/C18H30O3.C17H28O3.C15H28O3.C14H26O3.2C13H24O3.C13H26O3.C9H18O3.C8H16O3/c1-4-17(2,3)16(19)21-12-20-11-18-8-13-5-14(9-18)7-15(6-13)10-18;1-4-17(2,3)16(18)20-10-19-15-13-6-11-5-12(8-13)9-14(15)7-11;1-5-15(3,4)14(16)18-13(17-6-2)12-10-8-7-9-11-12;1-5-14(2,3)13(15)17-12(16-4)11-9-7-6-8-10-11;1-5-13(2,3)12(14)16-11(15-4)10-8-6-7-9-10;1-4-13(2,3)12(14)16-10-15-11-8-6-5-7-9-11;1-7-10(8-2)11(15-6)16-12(14)13(4,5)9-3;1-5-9(3,4)8(10)12-7-11-6-2;1-5-8(2,3)7(9)11-6-10-4/h13-15H,4-12H2,1-3H3;11-15H,4-10H2,1-3H3;12-13H,5-11H2,1-4H3;11-12H,5-10H2,1-4H3;10-11H,5-9H2,1-4H3;11H,4-10H2,1-3H3;10-11H,7-9H2,1-6H3;5-7H2,1-4H3;5-6H2,1-4H3. The number of carbonyl (C=O) groups is 9. The third-order valence-corrected chi connectivity index (χ3v) is 34.4. The first-order chi connectivity index (χ1) is 69.0. The van der Waals surface area contributed by atoms with Gasteiger partial charge in [-0.2, -0.15) is 0 Å². The lowest BCUT2D eigenvalue weighted by Crippen LogP contribution is -2.49. The molecule has 27 nitrogen and oxygen atoms in total. The summed E-state index contributed by atoms with van der Waals surface area (Å²) >= 11 is 0. The lowest BCUT2D eigenvalue weighted by Gasteiger charge is -2.56. The largest absolute Gasteiger partial charge is 0.438 e. The van der Waals surface area contributed by atoms with Crippen molar-refractivity contribution in [3.8, 4) is 0 Å². The summed E-state index contributed by atoms with van der Waals surface area (Å²) < 4.78 is 95.9. The highest BCUT2D eigenvalue weighted by Gasteiger charge is 2.53. The molecule has 12 saturated carbocycles. The van der Waals surface area contributed by atoms with E-state index in [0.717, 1.165) is 170 Å². The zero-order valence-electron chi connectivity index (χ0n) is 100.0. The van der Waals surface area contributed by atoms with E-state index in [1.807, 2.05) is 201 Å². The van der Waals surface area contributed by atoms with E-state index in [0.29, 0.717) is 48.6 Å². The molecular formula is C120H220O27. The van der Waals surface area contributed by atoms with Crippen LogP contribution in [0.25, 0.3) is 0 Å². The van der Waals surface area contributed by atoms with E-state index < -0.39 is 55.0 Å². The van der Waals surface area contributed by atoms with Gasteiger partial charge in [0, 0.05) is 65.3 Å². The van der Waals surface area contributed by atoms with Crippen LogP contribution in [-0.4, -0.2) is 173 Å². The van der Waals surface area contributed by atoms with Crippen LogP contribution in [0.2, 0.25) is 0 Å². The van der Waals surface area contributed by atoms with Gasteiger partial charge in [-0.05, 0) is 378 Å². The van der Waals surface area contributed by atoms with Crippen molar-refractivity contribution < 1.29 is 128 Å². The van der Waals surface area contributed by atoms with Gasteiger partial charge < -0.3 is 85.3 Å². The molecule has 147 heavy (non-hydrogen) atoms. The van der Waals surface area contributed by atoms with Crippen LogP contribution < -0.4 is 0 Å². The zero-order chi connectivity index (χ0) is 111. The molecule has 0 aromatic heterocycles. The number of hydrogen-bond acceptors (Lipinski definition) is 27. The van der Waals surface area contributed by atoms with Crippen molar-refractivity contribution in [2.45, 2.75) is 515 Å². The number of carbonyl (C=O) groups excluding carboxylic acids is 9. The third-order valence-electron chi connectivity index (χ3n) is 34.4. The Kier molecular flexibility index (Phi) is 64.7. The highest BCUT2D eigenvalue weighted by molar-refractivity contribution is 5.79. The van der Waals surface area contributed by atoms with Crippen molar-refractivity contribution in [1.29, 1.82) is 0 Å². The van der Waals surface area contributed by atoms with Gasteiger partial charge in [-0.1, -0.05) is 147 Å². The number of ether oxygens (including phenoxy) is 18. The molecule has 0 aromatic rings. The van der Waals surface area contributed by atoms with Crippen molar-refractivity contribution in [2.24, 2.45) is 119 Å². The maximum absolute atomic E-state index is 12.1. The van der Waals surface area contributed by atoms with Crippen molar-refractivity contribution in [2.75, 3.05) is 82.2 Å². The number of esters is 9. The van der Waals surface area contributed by atoms with Gasteiger partial charge in [-0.3, -0.25) is 43.2 Å². The normalized spacial score (nSPS) is 22.9. The average Bonchev–Trinajstić information content (AvgIpc) is 0.982. The zero-order valence-corrected chi connectivity index (χ0v) is 100.0. The second-order valence-electron chi connectivity index (χ2n) is 49.6. The molecule has 4 atom stereocenters. The predicted octanol–water partition coefficient (Wildman–Crippen LogP) is 28.7. The van der Waals surface area contributed by atoms with Crippen LogP contribution in [0.15, 0.2) is 0 Å². The number of rotatable bonds is 48. The van der Waals surface area contributed by atoms with Crippen molar-refractivity contribution in [1.82, 2.24) is 0 Å². The Balaban J connectivity index is 0.000000562. The van der Waals surface area contributed by atoms with Crippen LogP contribution in [0.3, 0.4) is 0 Å². The predicted molar refractivity (Wildman–Crippen MR) is 578 cm³/mol. The molecule has 12 aliphatic rings. The maximum atomic E-state index is 12.1. The fourth-order valence-corrected chi connectivity index (χ4v) is 20.3. The summed E-state index contributed by atoms with van der Waals surface area (Å²) in [6.45, 7) is 62.6. The van der Waals surface area contributed by atoms with Crippen LogP contribution in [-0.2, 0) is 128 Å². The van der Waals surface area contributed by atoms with Crippen molar-refractivity contribution in [3.05, 3.63) is 0 Å². The fraction of sp³-hybridized carbons (Fsp3) is 0.925. The molecule has 12 aliphatic carbocycles. The van der Waals surface area contributed by atoms with Gasteiger partial charge >= 0.3 is 53.7 Å². The summed E-state index contributed by atoms with van der Waals surface area (Å²) in [7, 11) is 6.34. The Labute approximate surface area is 894 Å². The molecule has 0 N–H and O–H groups in total. The molecule has 0 saturated heterocycles. The molecule has 0 spiro atoms. The smallest absolute Gasteiger partial charge is 0.313 e. The Bertz CT molecular complexity index is 3540. The summed E-state index contributed by atoms with van der Waals surface area (Å²) in [5, 5.41) is 0. The van der Waals surface area contributed by atoms with E-state index >= 15 is 0 Å². The molecule has 0 aliphatic heterocycles. The lowest BCUT2D eigenvalue weighted by molar-refractivity contribution is -0.202.